The van der Waals surface area contributed by atoms with E-state index in [1.165, 1.54) is 0 Å². The standard InChI is InChI=1S/C7H10F4/c1-2-3-5-4-6(8,9)7(5,10)11/h5H,2-4H2,1H3/t5-/m0/s1. The Morgan fingerprint density at radius 2 is 1.82 bits per heavy atom. The Morgan fingerprint density at radius 3 is 2.09 bits per heavy atom. The lowest BCUT2D eigenvalue weighted by Gasteiger charge is -2.43. The molecule has 0 aliphatic heterocycles. The maximum Gasteiger partial charge on any atom is 0.313 e. The van der Waals surface area contributed by atoms with Crippen LogP contribution in [0.2, 0.25) is 0 Å². The van der Waals surface area contributed by atoms with Gasteiger partial charge in [0.15, 0.2) is 0 Å². The van der Waals surface area contributed by atoms with Crippen LogP contribution in [0.25, 0.3) is 0 Å². The van der Waals surface area contributed by atoms with E-state index < -0.39 is 24.2 Å². The van der Waals surface area contributed by atoms with E-state index in [2.05, 4.69) is 0 Å². The first-order valence-corrected chi connectivity index (χ1v) is 3.67. The average Bonchev–Trinajstić information content (AvgIpc) is 1.87. The summed E-state index contributed by atoms with van der Waals surface area (Å²) in [6.07, 6.45) is 0.0900. The zero-order chi connectivity index (χ0) is 8.70. The lowest BCUT2D eigenvalue weighted by atomic mass is 9.74. The lowest BCUT2D eigenvalue weighted by Crippen LogP contribution is -2.58. The van der Waals surface area contributed by atoms with Gasteiger partial charge in [-0.05, 0) is 6.42 Å². The van der Waals surface area contributed by atoms with Gasteiger partial charge in [-0.3, -0.25) is 0 Å². The summed E-state index contributed by atoms with van der Waals surface area (Å²) in [6, 6.07) is 0. The molecule has 0 radical (unpaired) electrons. The molecular formula is C7H10F4. The third-order valence-corrected chi connectivity index (χ3v) is 2.14. The van der Waals surface area contributed by atoms with Crippen molar-refractivity contribution in [2.45, 2.75) is 38.0 Å². The molecule has 1 saturated carbocycles. The van der Waals surface area contributed by atoms with Crippen molar-refractivity contribution in [3.8, 4) is 0 Å². The van der Waals surface area contributed by atoms with Crippen LogP contribution in [0.3, 0.4) is 0 Å². The Labute approximate surface area is 62.6 Å². The van der Waals surface area contributed by atoms with Crippen LogP contribution in [0.4, 0.5) is 17.6 Å². The minimum atomic E-state index is -3.75. The highest BCUT2D eigenvalue weighted by atomic mass is 19.3. The Hall–Kier alpha value is -0.280. The second-order valence-corrected chi connectivity index (χ2v) is 3.02. The van der Waals surface area contributed by atoms with Gasteiger partial charge in [0.1, 0.15) is 0 Å². The van der Waals surface area contributed by atoms with E-state index in [0.29, 0.717) is 6.42 Å². The molecule has 66 valence electrons. The van der Waals surface area contributed by atoms with Crippen LogP contribution in [0.15, 0.2) is 0 Å². The van der Waals surface area contributed by atoms with Crippen molar-refractivity contribution in [1.82, 2.24) is 0 Å². The summed E-state index contributed by atoms with van der Waals surface area (Å²) in [5.74, 6) is -8.59. The molecule has 1 rings (SSSR count). The molecule has 0 bridgehead atoms. The number of halogens is 4. The van der Waals surface area contributed by atoms with E-state index in [-0.39, 0.29) is 6.42 Å². The number of rotatable bonds is 2. The zero-order valence-electron chi connectivity index (χ0n) is 6.21. The molecule has 0 aromatic carbocycles. The van der Waals surface area contributed by atoms with E-state index in [9.17, 15) is 17.6 Å². The summed E-state index contributed by atoms with van der Waals surface area (Å²) >= 11 is 0. The van der Waals surface area contributed by atoms with E-state index in [1.807, 2.05) is 0 Å². The average molecular weight is 170 g/mol. The molecule has 0 aromatic heterocycles. The minimum absolute atomic E-state index is 0.197. The zero-order valence-corrected chi connectivity index (χ0v) is 6.21. The third kappa shape index (κ3) is 1.12. The largest absolute Gasteiger partial charge is 0.313 e. The highest BCUT2D eigenvalue weighted by molar-refractivity contribution is 5.02. The maximum absolute atomic E-state index is 12.4. The van der Waals surface area contributed by atoms with Crippen molar-refractivity contribution >= 4 is 0 Å². The van der Waals surface area contributed by atoms with Crippen molar-refractivity contribution in [2.24, 2.45) is 5.92 Å². The first kappa shape index (κ1) is 8.81. The highest BCUT2D eigenvalue weighted by Crippen LogP contribution is 2.56. The molecule has 1 atom stereocenters. The van der Waals surface area contributed by atoms with Gasteiger partial charge in [0.25, 0.3) is 0 Å². The summed E-state index contributed by atoms with van der Waals surface area (Å²) < 4.78 is 49.1. The van der Waals surface area contributed by atoms with Gasteiger partial charge in [0, 0.05) is 12.3 Å². The first-order valence-electron chi connectivity index (χ1n) is 3.67. The van der Waals surface area contributed by atoms with Crippen LogP contribution in [0, 0.1) is 5.92 Å². The number of alkyl halides is 4. The molecule has 0 aromatic rings. The molecule has 0 N–H and O–H groups in total. The molecule has 0 saturated heterocycles. The Morgan fingerprint density at radius 1 is 1.27 bits per heavy atom. The van der Waals surface area contributed by atoms with Crippen LogP contribution < -0.4 is 0 Å². The quantitative estimate of drug-likeness (QED) is 0.558. The van der Waals surface area contributed by atoms with Gasteiger partial charge < -0.3 is 0 Å². The molecule has 1 aliphatic rings. The normalized spacial score (nSPS) is 33.0. The van der Waals surface area contributed by atoms with Gasteiger partial charge >= 0.3 is 11.8 Å². The second-order valence-electron chi connectivity index (χ2n) is 3.02. The predicted octanol–water partition coefficient (Wildman–Crippen LogP) is 3.08. The Balaban J connectivity index is 2.54. The number of hydrogen-bond acceptors (Lipinski definition) is 0. The summed E-state index contributed by atoms with van der Waals surface area (Å²) in [6.45, 7) is 1.71. The molecule has 0 nitrogen and oxygen atoms in total. The minimum Gasteiger partial charge on any atom is -0.200 e. The fraction of sp³-hybridized carbons (Fsp3) is 1.00. The molecule has 0 unspecified atom stereocenters. The molecule has 1 aliphatic carbocycles. The van der Waals surface area contributed by atoms with Gasteiger partial charge in [0.05, 0.1) is 0 Å². The van der Waals surface area contributed by atoms with Crippen molar-refractivity contribution in [3.05, 3.63) is 0 Å². The SMILES string of the molecule is CCC[C@H]1CC(F)(F)C1(F)F. The van der Waals surface area contributed by atoms with Crippen molar-refractivity contribution in [1.29, 1.82) is 0 Å². The lowest BCUT2D eigenvalue weighted by molar-refractivity contribution is -0.314. The van der Waals surface area contributed by atoms with Crippen molar-refractivity contribution in [3.63, 3.8) is 0 Å². The molecule has 0 heterocycles. The van der Waals surface area contributed by atoms with Crippen LogP contribution >= 0.6 is 0 Å². The summed E-state index contributed by atoms with van der Waals surface area (Å²) in [5.41, 5.74) is 0. The van der Waals surface area contributed by atoms with E-state index in [4.69, 9.17) is 0 Å². The molecule has 11 heavy (non-hydrogen) atoms. The Bertz CT molecular complexity index is 153. The highest BCUT2D eigenvalue weighted by Gasteiger charge is 2.70. The van der Waals surface area contributed by atoms with Gasteiger partial charge in [-0.1, -0.05) is 13.3 Å². The fourth-order valence-corrected chi connectivity index (χ4v) is 1.37. The number of hydrogen-bond donors (Lipinski definition) is 0. The third-order valence-electron chi connectivity index (χ3n) is 2.14. The van der Waals surface area contributed by atoms with Crippen LogP contribution in [0.5, 0.6) is 0 Å². The topological polar surface area (TPSA) is 0 Å². The van der Waals surface area contributed by atoms with Gasteiger partial charge in [-0.15, -0.1) is 0 Å². The van der Waals surface area contributed by atoms with Gasteiger partial charge in [-0.25, -0.2) is 0 Å². The van der Waals surface area contributed by atoms with Crippen LogP contribution in [-0.2, 0) is 0 Å². The van der Waals surface area contributed by atoms with Gasteiger partial charge in [0.2, 0.25) is 0 Å². The molecule has 4 heteroatoms. The van der Waals surface area contributed by atoms with Crippen molar-refractivity contribution < 1.29 is 17.6 Å². The smallest absolute Gasteiger partial charge is 0.200 e. The second kappa shape index (κ2) is 2.35. The van der Waals surface area contributed by atoms with E-state index in [0.717, 1.165) is 0 Å². The molecule has 1 fully saturated rings. The monoisotopic (exact) mass is 170 g/mol. The summed E-state index contributed by atoms with van der Waals surface area (Å²) in [4.78, 5) is 0. The van der Waals surface area contributed by atoms with E-state index >= 15 is 0 Å². The van der Waals surface area contributed by atoms with Crippen LogP contribution in [-0.4, -0.2) is 11.8 Å². The van der Waals surface area contributed by atoms with E-state index in [1.54, 1.807) is 6.92 Å². The maximum atomic E-state index is 12.4. The summed E-state index contributed by atoms with van der Waals surface area (Å²) in [5, 5.41) is 0. The molecule has 0 amide bonds. The molecular weight excluding hydrogens is 160 g/mol. The molecule has 0 spiro atoms. The van der Waals surface area contributed by atoms with Crippen molar-refractivity contribution in [2.75, 3.05) is 0 Å². The predicted molar refractivity (Wildman–Crippen MR) is 32.9 cm³/mol. The first-order chi connectivity index (χ1) is 4.92. The van der Waals surface area contributed by atoms with Crippen LogP contribution in [0.1, 0.15) is 26.2 Å². The Kier molecular flexibility index (Phi) is 1.89. The summed E-state index contributed by atoms with van der Waals surface area (Å²) in [7, 11) is 0. The fourth-order valence-electron chi connectivity index (χ4n) is 1.37. The van der Waals surface area contributed by atoms with Gasteiger partial charge in [-0.2, -0.15) is 17.6 Å².